The Morgan fingerprint density at radius 1 is 1.13 bits per heavy atom. The summed E-state index contributed by atoms with van der Waals surface area (Å²) in [7, 11) is 0. The predicted molar refractivity (Wildman–Crippen MR) is 99.7 cm³/mol. The summed E-state index contributed by atoms with van der Waals surface area (Å²) in [5.74, 6) is -0.862. The zero-order valence-electron chi connectivity index (χ0n) is 16.6. The van der Waals surface area contributed by atoms with Crippen LogP contribution in [0.3, 0.4) is 0 Å². The Balaban J connectivity index is 2.31. The van der Waals surface area contributed by atoms with Crippen molar-refractivity contribution in [3.8, 4) is 17.1 Å². The van der Waals surface area contributed by atoms with Crippen LogP contribution in [0.4, 0.5) is 22.4 Å². The molecule has 1 atom stereocenters. The lowest BCUT2D eigenvalue weighted by Gasteiger charge is -2.31. The van der Waals surface area contributed by atoms with Crippen LogP contribution >= 0.6 is 0 Å². The summed E-state index contributed by atoms with van der Waals surface area (Å²) in [5, 5.41) is 11.4. The lowest BCUT2D eigenvalue weighted by molar-refractivity contribution is 0.124. The molecule has 0 saturated heterocycles. The van der Waals surface area contributed by atoms with Gasteiger partial charge in [-0.1, -0.05) is 13.8 Å². The van der Waals surface area contributed by atoms with E-state index in [0.717, 1.165) is 6.20 Å². The second kappa shape index (κ2) is 9.68. The highest BCUT2D eigenvalue weighted by Crippen LogP contribution is 2.31. The first-order chi connectivity index (χ1) is 14.0. The van der Waals surface area contributed by atoms with Crippen molar-refractivity contribution in [1.82, 2.24) is 20.3 Å². The van der Waals surface area contributed by atoms with E-state index in [-0.39, 0.29) is 29.7 Å². The van der Waals surface area contributed by atoms with Crippen LogP contribution < -0.4 is 10.1 Å². The minimum atomic E-state index is -3.01. The average molecular weight is 430 g/mol. The van der Waals surface area contributed by atoms with Crippen molar-refractivity contribution in [2.24, 2.45) is 5.92 Å². The van der Waals surface area contributed by atoms with Crippen molar-refractivity contribution in [2.45, 2.75) is 45.6 Å². The molecule has 30 heavy (non-hydrogen) atoms. The van der Waals surface area contributed by atoms with Crippen LogP contribution in [-0.2, 0) is 0 Å². The number of rotatable bonds is 9. The second-order valence-electron chi connectivity index (χ2n) is 7.36. The molecule has 0 aliphatic rings. The van der Waals surface area contributed by atoms with Gasteiger partial charge in [0.15, 0.2) is 5.82 Å². The number of ether oxygens (including phenoxy) is 1. The average Bonchev–Trinajstić information content (AvgIpc) is 2.65. The number of carbonyl (C=O) groups is 1. The van der Waals surface area contributed by atoms with Gasteiger partial charge in [-0.05, 0) is 37.5 Å². The molecule has 0 saturated carbocycles. The molecule has 0 aliphatic heterocycles. The van der Waals surface area contributed by atoms with E-state index in [1.807, 2.05) is 13.8 Å². The summed E-state index contributed by atoms with van der Waals surface area (Å²) in [4.78, 5) is 22.0. The summed E-state index contributed by atoms with van der Waals surface area (Å²) < 4.78 is 58.2. The monoisotopic (exact) mass is 430 g/mol. The molecule has 0 bridgehead atoms. The quantitative estimate of drug-likeness (QED) is 0.551. The number of nitrogens with zero attached hydrogens (tertiary/aromatic N) is 3. The van der Waals surface area contributed by atoms with Crippen LogP contribution in [0.5, 0.6) is 5.75 Å². The minimum absolute atomic E-state index is 0.0362. The molecule has 2 N–H and O–H groups in total. The van der Waals surface area contributed by atoms with Gasteiger partial charge in [-0.3, -0.25) is 0 Å². The summed E-state index contributed by atoms with van der Waals surface area (Å²) in [5.41, 5.74) is -1.80. The molecule has 0 aliphatic carbocycles. The fourth-order valence-electron chi connectivity index (χ4n) is 3.05. The molecule has 0 aromatic carbocycles. The normalized spacial score (nSPS) is 13.5. The van der Waals surface area contributed by atoms with Crippen molar-refractivity contribution in [1.29, 1.82) is 0 Å². The van der Waals surface area contributed by atoms with Gasteiger partial charge >= 0.3 is 6.09 Å². The molecule has 2 heterocycles. The molecule has 7 nitrogen and oxygen atoms in total. The summed E-state index contributed by atoms with van der Waals surface area (Å²) in [6.07, 6.45) is -5.69. The van der Waals surface area contributed by atoms with Gasteiger partial charge in [0.25, 0.3) is 12.9 Å². The maximum atomic E-state index is 13.6. The van der Waals surface area contributed by atoms with Gasteiger partial charge in [-0.2, -0.15) is 0 Å². The molecule has 11 heteroatoms. The highest BCUT2D eigenvalue weighted by atomic mass is 19.3. The Morgan fingerprint density at radius 2 is 1.80 bits per heavy atom. The summed E-state index contributed by atoms with van der Waals surface area (Å²) in [6, 6.07) is 3.81. The van der Waals surface area contributed by atoms with Gasteiger partial charge in [0.2, 0.25) is 0 Å². The molecule has 0 radical (unpaired) electrons. The fraction of sp³-hybridized carbons (Fsp3) is 0.474. The Morgan fingerprint density at radius 3 is 2.37 bits per heavy atom. The molecule has 0 fully saturated rings. The predicted octanol–water partition coefficient (Wildman–Crippen LogP) is 4.87. The molecule has 1 unspecified atom stereocenters. The van der Waals surface area contributed by atoms with E-state index in [1.165, 1.54) is 18.2 Å². The van der Waals surface area contributed by atoms with E-state index in [1.54, 1.807) is 6.92 Å². The van der Waals surface area contributed by atoms with Crippen LogP contribution in [0.25, 0.3) is 11.4 Å². The molecule has 0 spiro atoms. The molecule has 1 amide bonds. The van der Waals surface area contributed by atoms with Crippen molar-refractivity contribution in [3.05, 3.63) is 35.9 Å². The topological polar surface area (TPSA) is 97.2 Å². The zero-order chi connectivity index (χ0) is 22.5. The van der Waals surface area contributed by atoms with Crippen LogP contribution in [0, 0.1) is 5.92 Å². The van der Waals surface area contributed by atoms with E-state index in [0.29, 0.717) is 6.42 Å². The van der Waals surface area contributed by atoms with Crippen molar-refractivity contribution in [3.63, 3.8) is 0 Å². The highest BCUT2D eigenvalue weighted by Gasteiger charge is 2.30. The largest absolute Gasteiger partial charge is 0.489 e. The van der Waals surface area contributed by atoms with E-state index in [9.17, 15) is 22.4 Å². The van der Waals surface area contributed by atoms with Crippen molar-refractivity contribution >= 4 is 6.09 Å². The fourth-order valence-corrected chi connectivity index (χ4v) is 3.05. The summed E-state index contributed by atoms with van der Waals surface area (Å²) in [6.45, 7) is 5.18. The van der Waals surface area contributed by atoms with Crippen LogP contribution in [0.2, 0.25) is 0 Å². The lowest BCUT2D eigenvalue weighted by atomic mass is 9.91. The number of pyridine rings is 1. The van der Waals surface area contributed by atoms with Crippen molar-refractivity contribution < 1.29 is 32.2 Å². The first kappa shape index (κ1) is 23.3. The first-order valence-corrected chi connectivity index (χ1v) is 9.05. The van der Waals surface area contributed by atoms with Crippen LogP contribution in [0.1, 0.15) is 51.6 Å². The van der Waals surface area contributed by atoms with Crippen LogP contribution in [0.15, 0.2) is 24.4 Å². The van der Waals surface area contributed by atoms with Gasteiger partial charge in [0.1, 0.15) is 18.1 Å². The van der Waals surface area contributed by atoms with E-state index < -0.39 is 36.0 Å². The van der Waals surface area contributed by atoms with Gasteiger partial charge in [0, 0.05) is 6.20 Å². The van der Waals surface area contributed by atoms with Gasteiger partial charge < -0.3 is 15.2 Å². The number of amides is 1. The van der Waals surface area contributed by atoms with E-state index in [2.05, 4.69) is 20.3 Å². The SMILES string of the molecule is CC(C)CC(C)(COc1ccc(-c2ccnc(C(F)F)n2)nc1C(F)F)NC(=O)O. The first-order valence-electron chi connectivity index (χ1n) is 9.05. The number of hydrogen-bond donors (Lipinski definition) is 2. The van der Waals surface area contributed by atoms with Gasteiger partial charge in [0.05, 0.1) is 16.9 Å². The molecule has 2 rings (SSSR count). The molecule has 164 valence electrons. The highest BCUT2D eigenvalue weighted by molar-refractivity contribution is 5.65. The minimum Gasteiger partial charge on any atom is -0.489 e. The number of nitrogens with one attached hydrogen (secondary N) is 1. The maximum absolute atomic E-state index is 13.6. The Bertz CT molecular complexity index is 883. The van der Waals surface area contributed by atoms with Gasteiger partial charge in [-0.25, -0.2) is 37.3 Å². The van der Waals surface area contributed by atoms with Crippen LogP contribution in [-0.4, -0.2) is 38.3 Å². The maximum Gasteiger partial charge on any atom is 0.405 e. The number of carboxylic acid groups (broad SMARTS) is 1. The molecule has 2 aromatic rings. The van der Waals surface area contributed by atoms with E-state index in [4.69, 9.17) is 9.84 Å². The Hall–Kier alpha value is -2.98. The third-order valence-electron chi connectivity index (χ3n) is 4.04. The standard InChI is InChI=1S/C19H22F4N4O3/c1-10(2)8-19(3,27-18(28)29)9-30-13-5-4-11(25-14(13)15(20)21)12-6-7-24-17(26-12)16(22)23/h4-7,10,15-16,27H,8-9H2,1-3H3,(H,28,29). The third-order valence-corrected chi connectivity index (χ3v) is 4.04. The number of halogens is 4. The Labute approximate surface area is 170 Å². The van der Waals surface area contributed by atoms with Crippen molar-refractivity contribution in [2.75, 3.05) is 6.61 Å². The smallest absolute Gasteiger partial charge is 0.405 e. The third kappa shape index (κ3) is 6.26. The number of alkyl halides is 4. The van der Waals surface area contributed by atoms with E-state index >= 15 is 0 Å². The van der Waals surface area contributed by atoms with Gasteiger partial charge in [-0.15, -0.1) is 0 Å². The molecular formula is C19H22F4N4O3. The molecule has 2 aromatic heterocycles. The lowest BCUT2D eigenvalue weighted by Crippen LogP contribution is -2.50. The summed E-state index contributed by atoms with van der Waals surface area (Å²) >= 11 is 0. The Kier molecular flexibility index (Phi) is 7.52. The zero-order valence-corrected chi connectivity index (χ0v) is 16.6. The second-order valence-corrected chi connectivity index (χ2v) is 7.36. The number of hydrogen-bond acceptors (Lipinski definition) is 5. The molecular weight excluding hydrogens is 408 g/mol. The number of aromatic nitrogens is 3.